The van der Waals surface area contributed by atoms with Crippen LogP contribution in [0.1, 0.15) is 17.0 Å². The van der Waals surface area contributed by atoms with Crippen molar-refractivity contribution >= 4 is 33.2 Å². The van der Waals surface area contributed by atoms with E-state index in [4.69, 9.17) is 16.6 Å². The molecule has 0 aliphatic carbocycles. The van der Waals surface area contributed by atoms with Crippen molar-refractivity contribution in [3.8, 4) is 10.4 Å². The third-order valence-corrected chi connectivity index (χ3v) is 5.66. The third kappa shape index (κ3) is 3.11. The average Bonchev–Trinajstić information content (AvgIpc) is 2.93. The van der Waals surface area contributed by atoms with E-state index in [1.165, 1.54) is 0 Å². The summed E-state index contributed by atoms with van der Waals surface area (Å²) >= 11 is 7.52. The van der Waals surface area contributed by atoms with E-state index in [0.29, 0.717) is 22.7 Å². The number of nitrogens with one attached hydrogen (secondary N) is 1. The van der Waals surface area contributed by atoms with Crippen molar-refractivity contribution in [1.82, 2.24) is 9.97 Å². The van der Waals surface area contributed by atoms with E-state index in [2.05, 4.69) is 4.98 Å². The van der Waals surface area contributed by atoms with Gasteiger partial charge in [0, 0.05) is 16.3 Å². The van der Waals surface area contributed by atoms with Crippen molar-refractivity contribution in [2.24, 2.45) is 0 Å². The maximum absolute atomic E-state index is 12.6. The van der Waals surface area contributed by atoms with Gasteiger partial charge in [0.25, 0.3) is 5.56 Å². The highest BCUT2D eigenvalue weighted by Crippen LogP contribution is 2.36. The second-order valence-corrected chi connectivity index (χ2v) is 7.35. The van der Waals surface area contributed by atoms with Gasteiger partial charge >= 0.3 is 0 Å². The standard InChI is InChI=1S/C20H15ClN2OS/c1-12-17-19(24)22-16(11-13-5-3-2-4-6-13)23-20(17)25-18(12)14-7-9-15(21)10-8-14/h2-10H,11H2,1H3,(H,22,23,24). The first-order chi connectivity index (χ1) is 12.1. The Hall–Kier alpha value is -2.43. The number of rotatable bonds is 3. The molecule has 0 spiro atoms. The zero-order chi connectivity index (χ0) is 17.4. The number of H-pyrrole nitrogens is 1. The van der Waals surface area contributed by atoms with Crippen LogP contribution in [0.4, 0.5) is 0 Å². The zero-order valence-electron chi connectivity index (χ0n) is 13.5. The van der Waals surface area contributed by atoms with Gasteiger partial charge in [0.1, 0.15) is 10.7 Å². The number of fused-ring (bicyclic) bond motifs is 1. The Balaban J connectivity index is 1.81. The fraction of sp³-hybridized carbons (Fsp3) is 0.100. The van der Waals surface area contributed by atoms with Crippen LogP contribution in [-0.4, -0.2) is 9.97 Å². The predicted molar refractivity (Wildman–Crippen MR) is 105 cm³/mol. The van der Waals surface area contributed by atoms with Crippen molar-refractivity contribution in [2.45, 2.75) is 13.3 Å². The molecule has 5 heteroatoms. The minimum atomic E-state index is -0.0788. The lowest BCUT2D eigenvalue weighted by molar-refractivity contribution is 0.976. The Morgan fingerprint density at radius 2 is 1.80 bits per heavy atom. The fourth-order valence-corrected chi connectivity index (χ4v) is 4.27. The van der Waals surface area contributed by atoms with Gasteiger partial charge in [-0.05, 0) is 35.7 Å². The number of aryl methyl sites for hydroxylation is 1. The third-order valence-electron chi connectivity index (χ3n) is 4.17. The van der Waals surface area contributed by atoms with Crippen LogP contribution in [0.2, 0.25) is 5.02 Å². The van der Waals surface area contributed by atoms with Gasteiger partial charge in [-0.25, -0.2) is 4.98 Å². The molecule has 0 saturated carbocycles. The van der Waals surface area contributed by atoms with Gasteiger partial charge in [0.05, 0.1) is 5.39 Å². The van der Waals surface area contributed by atoms with Crippen LogP contribution in [-0.2, 0) is 6.42 Å². The first-order valence-electron chi connectivity index (χ1n) is 7.94. The molecule has 4 aromatic rings. The molecule has 2 heterocycles. The lowest BCUT2D eigenvalue weighted by atomic mass is 10.1. The lowest BCUT2D eigenvalue weighted by Gasteiger charge is -2.01. The number of aromatic nitrogens is 2. The van der Waals surface area contributed by atoms with Crippen LogP contribution >= 0.6 is 22.9 Å². The molecule has 0 bridgehead atoms. The normalized spacial score (nSPS) is 11.1. The van der Waals surface area contributed by atoms with E-state index in [1.54, 1.807) is 11.3 Å². The summed E-state index contributed by atoms with van der Waals surface area (Å²) in [5, 5.41) is 1.37. The smallest absolute Gasteiger partial charge is 0.259 e. The molecular formula is C20H15ClN2OS. The van der Waals surface area contributed by atoms with Crippen LogP contribution in [0.3, 0.4) is 0 Å². The Morgan fingerprint density at radius 3 is 2.52 bits per heavy atom. The number of aromatic amines is 1. The summed E-state index contributed by atoms with van der Waals surface area (Å²) in [7, 11) is 0. The first kappa shape index (κ1) is 16.1. The topological polar surface area (TPSA) is 45.8 Å². The van der Waals surface area contributed by atoms with Crippen LogP contribution in [0, 0.1) is 6.92 Å². The SMILES string of the molecule is Cc1c(-c2ccc(Cl)cc2)sc2nc(Cc3ccccc3)[nH]c(=O)c12. The summed E-state index contributed by atoms with van der Waals surface area (Å²) in [6.07, 6.45) is 0.610. The summed E-state index contributed by atoms with van der Waals surface area (Å²) in [5.41, 5.74) is 3.05. The molecule has 2 aromatic heterocycles. The summed E-state index contributed by atoms with van der Waals surface area (Å²) in [6.45, 7) is 1.97. The van der Waals surface area contributed by atoms with Crippen molar-refractivity contribution < 1.29 is 0 Å². The molecule has 2 aromatic carbocycles. The number of thiophene rings is 1. The molecule has 0 atom stereocenters. The van der Waals surface area contributed by atoms with Gasteiger partial charge in [-0.1, -0.05) is 54.1 Å². The molecule has 3 nitrogen and oxygen atoms in total. The molecule has 0 unspecified atom stereocenters. The van der Waals surface area contributed by atoms with E-state index >= 15 is 0 Å². The number of hydrogen-bond acceptors (Lipinski definition) is 3. The van der Waals surface area contributed by atoms with Gasteiger partial charge < -0.3 is 4.98 Å². The molecule has 0 fully saturated rings. The molecule has 124 valence electrons. The summed E-state index contributed by atoms with van der Waals surface area (Å²) in [6, 6.07) is 17.7. The largest absolute Gasteiger partial charge is 0.310 e. The molecule has 1 N–H and O–H groups in total. The van der Waals surface area contributed by atoms with Crippen molar-refractivity contribution in [2.75, 3.05) is 0 Å². The van der Waals surface area contributed by atoms with Gasteiger partial charge in [-0.3, -0.25) is 4.79 Å². The van der Waals surface area contributed by atoms with Crippen LogP contribution in [0.15, 0.2) is 59.4 Å². The lowest BCUT2D eigenvalue weighted by Crippen LogP contribution is -2.11. The molecule has 25 heavy (non-hydrogen) atoms. The Morgan fingerprint density at radius 1 is 1.08 bits per heavy atom. The predicted octanol–water partition coefficient (Wildman–Crippen LogP) is 5.20. The molecule has 0 radical (unpaired) electrons. The van der Waals surface area contributed by atoms with Crippen LogP contribution in [0.25, 0.3) is 20.7 Å². The minimum Gasteiger partial charge on any atom is -0.310 e. The Kier molecular flexibility index (Phi) is 4.15. The van der Waals surface area contributed by atoms with Crippen LogP contribution in [0.5, 0.6) is 0 Å². The highest BCUT2D eigenvalue weighted by Gasteiger charge is 2.15. The monoisotopic (exact) mass is 366 g/mol. The Bertz CT molecular complexity index is 1100. The number of hydrogen-bond donors (Lipinski definition) is 1. The van der Waals surface area contributed by atoms with Crippen molar-refractivity contribution in [1.29, 1.82) is 0 Å². The van der Waals surface area contributed by atoms with Crippen molar-refractivity contribution in [3.63, 3.8) is 0 Å². The molecule has 4 rings (SSSR count). The van der Waals surface area contributed by atoms with E-state index in [9.17, 15) is 4.79 Å². The molecule has 0 aliphatic rings. The number of halogens is 1. The molecule has 0 amide bonds. The van der Waals surface area contributed by atoms with E-state index in [-0.39, 0.29) is 5.56 Å². The highest BCUT2D eigenvalue weighted by atomic mass is 35.5. The summed E-state index contributed by atoms with van der Waals surface area (Å²) in [5.74, 6) is 0.688. The number of nitrogens with zero attached hydrogens (tertiary/aromatic N) is 1. The summed E-state index contributed by atoms with van der Waals surface area (Å²) < 4.78 is 0. The van der Waals surface area contributed by atoms with E-state index in [0.717, 1.165) is 26.4 Å². The van der Waals surface area contributed by atoms with E-state index in [1.807, 2.05) is 61.5 Å². The fourth-order valence-electron chi connectivity index (χ4n) is 2.94. The number of benzene rings is 2. The van der Waals surface area contributed by atoms with E-state index < -0.39 is 0 Å². The minimum absolute atomic E-state index is 0.0788. The highest BCUT2D eigenvalue weighted by molar-refractivity contribution is 7.22. The maximum atomic E-state index is 12.6. The second-order valence-electron chi connectivity index (χ2n) is 5.92. The quantitative estimate of drug-likeness (QED) is 0.541. The maximum Gasteiger partial charge on any atom is 0.259 e. The second kappa shape index (κ2) is 6.47. The molecule has 0 aliphatic heterocycles. The van der Waals surface area contributed by atoms with Crippen LogP contribution < -0.4 is 5.56 Å². The zero-order valence-corrected chi connectivity index (χ0v) is 15.1. The van der Waals surface area contributed by atoms with Crippen molar-refractivity contribution in [3.05, 3.63) is 86.9 Å². The van der Waals surface area contributed by atoms with Gasteiger partial charge in [-0.2, -0.15) is 0 Å². The Labute approximate surface area is 154 Å². The van der Waals surface area contributed by atoms with Gasteiger partial charge in [0.2, 0.25) is 0 Å². The van der Waals surface area contributed by atoms with Gasteiger partial charge in [0.15, 0.2) is 0 Å². The average molecular weight is 367 g/mol. The first-order valence-corrected chi connectivity index (χ1v) is 9.13. The summed E-state index contributed by atoms with van der Waals surface area (Å²) in [4.78, 5) is 22.1. The molecule has 0 saturated heterocycles. The molecular weight excluding hydrogens is 352 g/mol. The van der Waals surface area contributed by atoms with Gasteiger partial charge in [-0.15, -0.1) is 11.3 Å².